The number of carbonyl (C=O) groups is 1. The van der Waals surface area contributed by atoms with Crippen molar-refractivity contribution in [1.82, 2.24) is 10.3 Å². The summed E-state index contributed by atoms with van der Waals surface area (Å²) in [6.07, 6.45) is 7.95. The van der Waals surface area contributed by atoms with Crippen molar-refractivity contribution in [2.24, 2.45) is 0 Å². The third-order valence-corrected chi connectivity index (χ3v) is 6.44. The molecule has 0 bridgehead atoms. The van der Waals surface area contributed by atoms with E-state index in [-0.39, 0.29) is 17.6 Å². The summed E-state index contributed by atoms with van der Waals surface area (Å²) in [5.74, 6) is -0.311. The first-order valence-corrected chi connectivity index (χ1v) is 11.6. The molecule has 1 unspecified atom stereocenters. The molecule has 1 aromatic heterocycles. The van der Waals surface area contributed by atoms with Crippen LogP contribution in [0.15, 0.2) is 53.7 Å². The van der Waals surface area contributed by atoms with Gasteiger partial charge >= 0.3 is 10.2 Å². The summed E-state index contributed by atoms with van der Waals surface area (Å²) < 4.78 is 65.0. The van der Waals surface area contributed by atoms with Gasteiger partial charge in [-0.05, 0) is 43.2 Å². The molecule has 30 heavy (non-hydrogen) atoms. The maximum Gasteiger partial charge on any atom is 0.310 e. The second kappa shape index (κ2) is 7.40. The fourth-order valence-corrected chi connectivity index (χ4v) is 4.35. The van der Waals surface area contributed by atoms with Gasteiger partial charge in [0, 0.05) is 36.7 Å². The number of pyridine rings is 1. The Morgan fingerprint density at radius 1 is 1.07 bits per heavy atom. The molecule has 2 aromatic rings. The highest BCUT2D eigenvalue weighted by atomic mass is 32.5. The largest absolute Gasteiger partial charge is 0.359 e. The molecule has 1 aliphatic rings. The van der Waals surface area contributed by atoms with Gasteiger partial charge in [-0.1, -0.05) is 44.8 Å². The molecule has 1 atom stereocenters. The maximum atomic E-state index is 13.1. The smallest absolute Gasteiger partial charge is 0.310 e. The minimum absolute atomic E-state index is 0.0364. The summed E-state index contributed by atoms with van der Waals surface area (Å²) in [6.45, 7) is 0. The molecule has 1 amide bonds. The monoisotopic (exact) mass is 449 g/mol. The van der Waals surface area contributed by atoms with Crippen LogP contribution in [0.2, 0.25) is 0 Å². The lowest BCUT2D eigenvalue weighted by molar-refractivity contribution is -0.123. The Bertz CT molecular complexity index is 885. The third kappa shape index (κ3) is 5.41. The van der Waals surface area contributed by atoms with Crippen molar-refractivity contribution in [1.29, 1.82) is 0 Å². The van der Waals surface area contributed by atoms with Crippen LogP contribution in [0.3, 0.4) is 0 Å². The lowest BCUT2D eigenvalue weighted by Crippen LogP contribution is -2.44. The number of amides is 1. The van der Waals surface area contributed by atoms with E-state index in [1.165, 1.54) is 18.1 Å². The molecule has 0 aliphatic heterocycles. The lowest BCUT2D eigenvalue weighted by Gasteiger charge is -2.40. The number of carbonyl (C=O) groups excluding carboxylic acids is 1. The molecule has 1 aliphatic carbocycles. The van der Waals surface area contributed by atoms with Gasteiger partial charge in [-0.25, -0.2) is 0 Å². The van der Waals surface area contributed by atoms with Crippen LogP contribution in [-0.4, -0.2) is 24.0 Å². The highest BCUT2D eigenvalue weighted by Gasteiger charge is 2.65. The first kappa shape index (κ1) is 22.3. The quantitative estimate of drug-likeness (QED) is 0.522. The minimum Gasteiger partial charge on any atom is -0.359 e. The summed E-state index contributed by atoms with van der Waals surface area (Å²) in [6, 6.07) is 5.12. The molecule has 1 aromatic carbocycles. The van der Waals surface area contributed by atoms with E-state index < -0.39 is 21.2 Å². The predicted molar refractivity (Wildman–Crippen MR) is 108 cm³/mol. The zero-order valence-corrected chi connectivity index (χ0v) is 17.2. The summed E-state index contributed by atoms with van der Waals surface area (Å²) in [4.78, 5) is 16.6. The summed E-state index contributed by atoms with van der Waals surface area (Å²) in [7, 11) is -8.22. The number of hydrogen-bond acceptors (Lipinski definition) is 3. The van der Waals surface area contributed by atoms with Crippen molar-refractivity contribution in [3.63, 3.8) is 0 Å². The summed E-state index contributed by atoms with van der Waals surface area (Å²) in [5.41, 5.74) is 0.748. The molecule has 0 saturated heterocycles. The van der Waals surface area contributed by atoms with Gasteiger partial charge in [0.05, 0.1) is 0 Å². The number of likely N-dealkylation sites (N-methyl/N-ethyl adjacent to an activating group) is 1. The molecular formula is C20H24F5N3OS. The molecule has 10 heteroatoms. The Labute approximate surface area is 172 Å². The molecule has 1 fully saturated rings. The highest BCUT2D eigenvalue weighted by molar-refractivity contribution is 8.45. The van der Waals surface area contributed by atoms with E-state index in [4.69, 9.17) is 0 Å². The molecule has 1 N–H and O–H groups in total. The fraction of sp³-hybridized carbons (Fsp3) is 0.400. The lowest BCUT2D eigenvalue weighted by atomic mass is 9.95. The van der Waals surface area contributed by atoms with Crippen molar-refractivity contribution >= 4 is 21.8 Å². The first-order chi connectivity index (χ1) is 13.8. The Morgan fingerprint density at radius 3 is 2.23 bits per heavy atom. The van der Waals surface area contributed by atoms with Gasteiger partial charge in [-0.3, -0.25) is 9.78 Å². The number of halogens is 5. The number of nitrogens with one attached hydrogen (secondary N) is 1. The highest BCUT2D eigenvalue weighted by Crippen LogP contribution is 3.02. The topological polar surface area (TPSA) is 45.2 Å². The first-order valence-electron chi connectivity index (χ1n) is 9.62. The number of hydrogen-bond donors (Lipinski definition) is 1. The fourth-order valence-electron chi connectivity index (χ4n) is 3.70. The van der Waals surface area contributed by atoms with Crippen LogP contribution in [0, 0.1) is 0 Å². The van der Waals surface area contributed by atoms with Crippen LogP contribution in [-0.2, 0) is 4.79 Å². The van der Waals surface area contributed by atoms with E-state index in [1.807, 2.05) is 0 Å². The Morgan fingerprint density at radius 2 is 1.70 bits per heavy atom. The SMILES string of the molecule is CN(c1ccc(S(F)(F)(F)(F)F)cc1)C(C(=O)NC1CCCCC1)c1cccnc1. The zero-order chi connectivity index (χ0) is 22.1. The number of nitrogens with zero attached hydrogens (tertiary/aromatic N) is 2. The van der Waals surface area contributed by atoms with E-state index in [1.54, 1.807) is 18.3 Å². The van der Waals surface area contributed by atoms with Crippen LogP contribution >= 0.6 is 10.2 Å². The van der Waals surface area contributed by atoms with Crippen LogP contribution in [0.1, 0.15) is 43.7 Å². The number of rotatable bonds is 6. The normalized spacial score (nSPS) is 18.7. The van der Waals surface area contributed by atoms with Crippen LogP contribution in [0.25, 0.3) is 0 Å². The van der Waals surface area contributed by atoms with Gasteiger partial charge in [0.2, 0.25) is 5.91 Å². The van der Waals surface area contributed by atoms with Crippen LogP contribution < -0.4 is 10.2 Å². The second-order valence-electron chi connectivity index (χ2n) is 7.61. The van der Waals surface area contributed by atoms with Crippen molar-refractivity contribution in [2.75, 3.05) is 11.9 Å². The standard InChI is InChI=1S/C20H24F5N3OS/c1-28(17-9-11-18(12-10-17)30(21,22,23,24)25)19(15-6-5-13-26-14-15)20(29)27-16-7-3-2-4-8-16/h5-6,9-14,16,19H,2-4,7-8H2,1H3,(H,27,29). The van der Waals surface area contributed by atoms with Crippen molar-refractivity contribution in [3.05, 3.63) is 54.4 Å². The molecule has 4 nitrogen and oxygen atoms in total. The molecular weight excluding hydrogens is 425 g/mol. The Balaban J connectivity index is 1.89. The summed E-state index contributed by atoms with van der Waals surface area (Å²) in [5, 5.41) is 3.01. The van der Waals surface area contributed by atoms with Crippen molar-refractivity contribution < 1.29 is 24.2 Å². The number of anilines is 1. The molecule has 3 rings (SSSR count). The number of benzene rings is 1. The molecule has 1 saturated carbocycles. The van der Waals surface area contributed by atoms with E-state index in [0.29, 0.717) is 17.7 Å². The van der Waals surface area contributed by atoms with Gasteiger partial charge in [0.15, 0.2) is 0 Å². The average Bonchev–Trinajstić information content (AvgIpc) is 2.68. The van der Waals surface area contributed by atoms with Gasteiger partial charge in [-0.2, -0.15) is 0 Å². The van der Waals surface area contributed by atoms with Crippen LogP contribution in [0.4, 0.5) is 25.1 Å². The molecule has 0 spiro atoms. The van der Waals surface area contributed by atoms with Crippen LogP contribution in [0.5, 0.6) is 0 Å². The van der Waals surface area contributed by atoms with Gasteiger partial charge in [0.25, 0.3) is 0 Å². The van der Waals surface area contributed by atoms with E-state index in [0.717, 1.165) is 44.2 Å². The third-order valence-electron chi connectivity index (χ3n) is 5.28. The van der Waals surface area contributed by atoms with Crippen molar-refractivity contribution in [3.8, 4) is 0 Å². The summed E-state index contributed by atoms with van der Waals surface area (Å²) >= 11 is 0. The average molecular weight is 449 g/mol. The van der Waals surface area contributed by atoms with Gasteiger partial charge < -0.3 is 10.2 Å². The Hall–Kier alpha value is -2.36. The van der Waals surface area contributed by atoms with Gasteiger partial charge in [-0.15, -0.1) is 0 Å². The van der Waals surface area contributed by atoms with E-state index >= 15 is 0 Å². The van der Waals surface area contributed by atoms with E-state index in [9.17, 15) is 24.2 Å². The minimum atomic E-state index is -9.75. The predicted octanol–water partition coefficient (Wildman–Crippen LogP) is 6.37. The maximum absolute atomic E-state index is 13.1. The molecule has 166 valence electrons. The second-order valence-corrected chi connectivity index (χ2v) is 10.0. The Kier molecular flexibility index (Phi) is 5.51. The number of aromatic nitrogens is 1. The van der Waals surface area contributed by atoms with E-state index in [2.05, 4.69) is 10.3 Å². The van der Waals surface area contributed by atoms with Gasteiger partial charge in [0.1, 0.15) is 10.9 Å². The van der Waals surface area contributed by atoms with Crippen molar-refractivity contribution in [2.45, 2.75) is 49.1 Å². The zero-order valence-electron chi connectivity index (χ0n) is 16.4. The molecule has 1 heterocycles. The molecule has 0 radical (unpaired) electrons.